The number of aliphatic hydroxyl groups excluding tert-OH is 2. The lowest BCUT2D eigenvalue weighted by atomic mass is 10.1. The molecule has 0 amide bonds. The Labute approximate surface area is 117 Å². The number of nitrogens with two attached hydrogens (primary N) is 1. The minimum Gasteiger partial charge on any atom is -0.394 e. The average Bonchev–Trinajstić information content (AvgIpc) is 2.94. The van der Waals surface area contributed by atoms with Crippen LogP contribution in [-0.2, 0) is 10.7 Å². The fourth-order valence-electron chi connectivity index (χ4n) is 2.15. The van der Waals surface area contributed by atoms with E-state index in [9.17, 15) is 15.0 Å². The smallest absolute Gasteiger partial charge is 0.325 e. The third-order valence-electron chi connectivity index (χ3n) is 3.17. The zero-order valence-corrected chi connectivity index (χ0v) is 10.4. The SMILES string of the molecule is [2H][C@]1(O)[C@@H](O)[C@](F)(n2cnc3c(=O)[nH]c(N)nc32)O[C@@H]1CO. The van der Waals surface area contributed by atoms with E-state index in [-0.39, 0.29) is 17.1 Å². The van der Waals surface area contributed by atoms with Gasteiger partial charge in [0.2, 0.25) is 5.95 Å². The lowest BCUT2D eigenvalue weighted by Crippen LogP contribution is -2.42. The molecule has 0 aliphatic carbocycles. The van der Waals surface area contributed by atoms with E-state index in [2.05, 4.69) is 15.0 Å². The van der Waals surface area contributed by atoms with Crippen LogP contribution in [0.5, 0.6) is 0 Å². The molecular weight excluding hydrogens is 289 g/mol. The summed E-state index contributed by atoms with van der Waals surface area (Å²) in [7, 11) is 0. The van der Waals surface area contributed by atoms with Crippen LogP contribution in [0.4, 0.5) is 10.3 Å². The summed E-state index contributed by atoms with van der Waals surface area (Å²) in [5.74, 6) is -3.48. The molecule has 2 aromatic heterocycles. The fraction of sp³-hybridized carbons (Fsp3) is 0.500. The highest BCUT2D eigenvalue weighted by Gasteiger charge is 2.57. The van der Waals surface area contributed by atoms with Gasteiger partial charge in [-0.3, -0.25) is 14.3 Å². The predicted molar refractivity (Wildman–Crippen MR) is 65.6 cm³/mol. The Balaban J connectivity index is 2.21. The molecule has 0 aromatic carbocycles. The Morgan fingerprint density at radius 1 is 1.67 bits per heavy atom. The Hall–Kier alpha value is -2.08. The van der Waals surface area contributed by atoms with Gasteiger partial charge in [-0.15, -0.1) is 0 Å². The monoisotopic (exact) mass is 302 g/mol. The van der Waals surface area contributed by atoms with Gasteiger partial charge in [0.15, 0.2) is 17.3 Å². The molecular formula is C10H12FN5O5. The van der Waals surface area contributed by atoms with Gasteiger partial charge in [-0.1, -0.05) is 0 Å². The van der Waals surface area contributed by atoms with Crippen molar-refractivity contribution in [3.05, 3.63) is 16.7 Å². The maximum atomic E-state index is 15.1. The van der Waals surface area contributed by atoms with E-state index in [0.29, 0.717) is 4.57 Å². The van der Waals surface area contributed by atoms with Crippen LogP contribution in [0.2, 0.25) is 0 Å². The number of aromatic amines is 1. The number of nitrogen functional groups attached to an aromatic ring is 1. The Morgan fingerprint density at radius 2 is 2.38 bits per heavy atom. The van der Waals surface area contributed by atoms with Gasteiger partial charge in [-0.25, -0.2) is 4.98 Å². The van der Waals surface area contributed by atoms with Gasteiger partial charge >= 0.3 is 5.98 Å². The molecule has 10 nitrogen and oxygen atoms in total. The molecule has 1 fully saturated rings. The molecule has 21 heavy (non-hydrogen) atoms. The number of alkyl halides is 1. The van der Waals surface area contributed by atoms with Crippen molar-refractivity contribution in [1.82, 2.24) is 19.5 Å². The van der Waals surface area contributed by atoms with Gasteiger partial charge in [0.25, 0.3) is 5.56 Å². The van der Waals surface area contributed by atoms with Gasteiger partial charge < -0.3 is 25.8 Å². The lowest BCUT2D eigenvalue weighted by Gasteiger charge is -2.24. The lowest BCUT2D eigenvalue weighted by molar-refractivity contribution is -0.235. The number of aliphatic hydroxyl groups is 3. The number of fused-ring (bicyclic) bond motifs is 1. The van der Waals surface area contributed by atoms with Gasteiger partial charge in [0, 0.05) is 0 Å². The summed E-state index contributed by atoms with van der Waals surface area (Å²) in [6.07, 6.45) is -6.11. The molecule has 0 saturated carbocycles. The highest BCUT2D eigenvalue weighted by molar-refractivity contribution is 5.70. The van der Waals surface area contributed by atoms with Crippen molar-refractivity contribution < 1.29 is 25.8 Å². The largest absolute Gasteiger partial charge is 0.394 e. The van der Waals surface area contributed by atoms with E-state index in [1.165, 1.54) is 0 Å². The van der Waals surface area contributed by atoms with Crippen molar-refractivity contribution >= 4 is 17.1 Å². The molecule has 1 aliphatic heterocycles. The summed E-state index contributed by atoms with van der Waals surface area (Å²) in [6.45, 7) is -0.911. The summed E-state index contributed by atoms with van der Waals surface area (Å²) in [4.78, 5) is 21.2. The maximum Gasteiger partial charge on any atom is 0.325 e. The van der Waals surface area contributed by atoms with Crippen LogP contribution >= 0.6 is 0 Å². The first-order valence-electron chi connectivity index (χ1n) is 6.33. The molecule has 3 heterocycles. The number of nitrogens with zero attached hydrogens (tertiary/aromatic N) is 3. The minimum absolute atomic E-state index is 0.275. The molecule has 11 heteroatoms. The number of hydrogen-bond acceptors (Lipinski definition) is 8. The third kappa shape index (κ3) is 1.82. The van der Waals surface area contributed by atoms with Crippen LogP contribution in [0, 0.1) is 0 Å². The fourth-order valence-corrected chi connectivity index (χ4v) is 2.15. The molecule has 1 aliphatic rings. The first-order chi connectivity index (χ1) is 10.2. The molecule has 2 aromatic rings. The molecule has 0 radical (unpaired) electrons. The second-order valence-electron chi connectivity index (χ2n) is 4.46. The molecule has 0 spiro atoms. The van der Waals surface area contributed by atoms with Crippen LogP contribution in [0.25, 0.3) is 11.2 Å². The van der Waals surface area contributed by atoms with Crippen LogP contribution in [-0.4, -0.2) is 59.7 Å². The highest BCUT2D eigenvalue weighted by Crippen LogP contribution is 2.38. The normalized spacial score (nSPS) is 37.0. The van der Waals surface area contributed by atoms with Gasteiger partial charge in [-0.05, 0) is 0 Å². The van der Waals surface area contributed by atoms with Crippen LogP contribution in [0.1, 0.15) is 1.37 Å². The van der Waals surface area contributed by atoms with Gasteiger partial charge in [0.1, 0.15) is 18.5 Å². The quantitative estimate of drug-likeness (QED) is 0.403. The topological polar surface area (TPSA) is 160 Å². The number of anilines is 1. The third-order valence-corrected chi connectivity index (χ3v) is 3.17. The van der Waals surface area contributed by atoms with Crippen molar-refractivity contribution in [3.8, 4) is 0 Å². The van der Waals surface area contributed by atoms with E-state index in [1.807, 2.05) is 0 Å². The average molecular weight is 302 g/mol. The Morgan fingerprint density at radius 3 is 3.00 bits per heavy atom. The van der Waals surface area contributed by atoms with Crippen LogP contribution in [0.3, 0.4) is 0 Å². The van der Waals surface area contributed by atoms with E-state index in [4.69, 9.17) is 16.9 Å². The molecule has 0 bridgehead atoms. The number of aromatic nitrogens is 4. The molecule has 1 saturated heterocycles. The zero-order chi connectivity index (χ0) is 16.3. The Bertz CT molecular complexity index is 794. The van der Waals surface area contributed by atoms with Gasteiger partial charge in [0.05, 0.1) is 7.98 Å². The van der Waals surface area contributed by atoms with Crippen molar-refractivity contribution in [2.24, 2.45) is 0 Å². The Kier molecular flexibility index (Phi) is 2.68. The van der Waals surface area contributed by atoms with Crippen molar-refractivity contribution in [2.75, 3.05) is 12.3 Å². The standard InChI is InChI=1S/C10H12FN5O5/c11-10(6(19)5(18)3(1-17)21-10)16-2-13-4-7(16)14-9(12)15-8(4)20/h2-3,5-6,17-19H,1H2,(H3,12,14,15,20)/t3-,5-,6-,10+/m1/s1/i5D. The maximum absolute atomic E-state index is 15.1. The van der Waals surface area contributed by atoms with Gasteiger partial charge in [-0.2, -0.15) is 9.37 Å². The van der Waals surface area contributed by atoms with Crippen molar-refractivity contribution in [2.45, 2.75) is 24.3 Å². The second kappa shape index (κ2) is 4.46. The number of nitrogens with one attached hydrogen (secondary N) is 1. The number of hydrogen-bond donors (Lipinski definition) is 5. The highest BCUT2D eigenvalue weighted by atomic mass is 19.2. The summed E-state index contributed by atoms with van der Waals surface area (Å²) in [5.41, 5.74) is 4.01. The molecule has 4 atom stereocenters. The van der Waals surface area contributed by atoms with E-state index in [1.54, 1.807) is 0 Å². The summed E-state index contributed by atoms with van der Waals surface area (Å²) >= 11 is 0. The first-order valence-corrected chi connectivity index (χ1v) is 5.83. The number of halogens is 1. The number of imidazole rings is 1. The van der Waals surface area contributed by atoms with Crippen molar-refractivity contribution in [1.29, 1.82) is 0 Å². The molecule has 6 N–H and O–H groups in total. The van der Waals surface area contributed by atoms with E-state index in [0.717, 1.165) is 6.33 Å². The van der Waals surface area contributed by atoms with E-state index < -0.39 is 36.4 Å². The first kappa shape index (κ1) is 12.6. The number of ether oxygens (including phenoxy) is 1. The predicted octanol–water partition coefficient (Wildman–Crippen LogP) is -2.61. The zero-order valence-electron chi connectivity index (χ0n) is 11.4. The van der Waals surface area contributed by atoms with Crippen molar-refractivity contribution in [3.63, 3.8) is 0 Å². The number of rotatable bonds is 2. The van der Waals surface area contributed by atoms with E-state index >= 15 is 4.39 Å². The summed E-state index contributed by atoms with van der Waals surface area (Å²) in [5, 5.41) is 28.7. The number of H-pyrrole nitrogens is 1. The summed E-state index contributed by atoms with van der Waals surface area (Å²) < 4.78 is 27.9. The molecule has 3 rings (SSSR count). The van der Waals surface area contributed by atoms with Crippen LogP contribution < -0.4 is 11.3 Å². The summed E-state index contributed by atoms with van der Waals surface area (Å²) in [6, 6.07) is 0. The molecule has 0 unspecified atom stereocenters. The second-order valence-corrected chi connectivity index (χ2v) is 4.46. The van der Waals surface area contributed by atoms with Crippen LogP contribution in [0.15, 0.2) is 11.1 Å². The minimum atomic E-state index is -3.16. The molecule has 114 valence electrons.